The first kappa shape index (κ1) is 17.8. The van der Waals surface area contributed by atoms with Crippen molar-refractivity contribution in [1.29, 1.82) is 0 Å². The zero-order valence-corrected chi connectivity index (χ0v) is 12.7. The highest BCUT2D eigenvalue weighted by molar-refractivity contribution is 5.85. The fourth-order valence-corrected chi connectivity index (χ4v) is 3.09. The summed E-state index contributed by atoms with van der Waals surface area (Å²) in [6, 6.07) is 0. The number of unbranched alkanes of at least 4 members (excludes halogenated alkanes) is 2. The van der Waals surface area contributed by atoms with Gasteiger partial charge in [0.05, 0.1) is 6.10 Å². The fourth-order valence-electron chi connectivity index (χ4n) is 3.09. The number of aliphatic carboxylic acids is 1. The van der Waals surface area contributed by atoms with Gasteiger partial charge in [0.25, 0.3) is 0 Å². The predicted octanol–water partition coefficient (Wildman–Crippen LogP) is 2.35. The zero-order valence-electron chi connectivity index (χ0n) is 12.7. The number of carboxylic acid groups (broad SMARTS) is 1. The Morgan fingerprint density at radius 1 is 1.14 bits per heavy atom. The number of carbonyl (C=O) groups is 3. The number of rotatable bonds is 10. The van der Waals surface area contributed by atoms with Crippen LogP contribution in [-0.2, 0) is 14.4 Å². The Labute approximate surface area is 125 Å². The van der Waals surface area contributed by atoms with Crippen molar-refractivity contribution in [2.75, 3.05) is 0 Å². The lowest BCUT2D eigenvalue weighted by Gasteiger charge is -2.20. The minimum absolute atomic E-state index is 0.0628. The fraction of sp³-hybridized carbons (Fsp3) is 0.812. The Hall–Kier alpha value is -1.23. The van der Waals surface area contributed by atoms with E-state index in [1.54, 1.807) is 0 Å². The van der Waals surface area contributed by atoms with E-state index < -0.39 is 18.0 Å². The summed E-state index contributed by atoms with van der Waals surface area (Å²) in [5.41, 5.74) is 0. The van der Waals surface area contributed by atoms with Gasteiger partial charge < -0.3 is 10.2 Å². The molecule has 1 fully saturated rings. The third-order valence-corrected chi connectivity index (χ3v) is 4.32. The topological polar surface area (TPSA) is 91.7 Å². The summed E-state index contributed by atoms with van der Waals surface area (Å²) in [5, 5.41) is 18.7. The maximum Gasteiger partial charge on any atom is 0.303 e. The molecule has 2 N–H and O–H groups in total. The molecule has 5 heteroatoms. The first-order valence-electron chi connectivity index (χ1n) is 7.90. The molecule has 120 valence electrons. The number of carbonyl (C=O) groups excluding carboxylic acids is 2. The highest BCUT2D eigenvalue weighted by atomic mass is 16.4. The SMILES string of the molecule is CCCCCC(=O)CC[C@H]1[C@H](O)CC(=O)[C@@H]1CCC(=O)O. The van der Waals surface area contributed by atoms with Crippen molar-refractivity contribution in [1.82, 2.24) is 0 Å². The molecule has 1 aliphatic rings. The van der Waals surface area contributed by atoms with Crippen LogP contribution in [0, 0.1) is 11.8 Å². The van der Waals surface area contributed by atoms with E-state index in [0.717, 1.165) is 19.3 Å². The summed E-state index contributed by atoms with van der Waals surface area (Å²) in [5.74, 6) is -1.48. The molecule has 0 heterocycles. The van der Waals surface area contributed by atoms with Crippen molar-refractivity contribution in [3.63, 3.8) is 0 Å². The summed E-state index contributed by atoms with van der Waals surface area (Å²) in [4.78, 5) is 34.2. The van der Waals surface area contributed by atoms with E-state index in [4.69, 9.17) is 5.11 Å². The van der Waals surface area contributed by atoms with Gasteiger partial charge in [-0.1, -0.05) is 19.8 Å². The highest BCUT2D eigenvalue weighted by Gasteiger charge is 2.41. The van der Waals surface area contributed by atoms with Crippen molar-refractivity contribution < 1.29 is 24.6 Å². The molecule has 0 saturated heterocycles. The van der Waals surface area contributed by atoms with Crippen LogP contribution in [0.5, 0.6) is 0 Å². The normalized spacial score (nSPS) is 25.2. The van der Waals surface area contributed by atoms with Crippen molar-refractivity contribution in [3.05, 3.63) is 0 Å². The maximum absolute atomic E-state index is 11.8. The van der Waals surface area contributed by atoms with E-state index in [9.17, 15) is 19.5 Å². The average molecular weight is 298 g/mol. The van der Waals surface area contributed by atoms with E-state index in [-0.39, 0.29) is 36.7 Å². The van der Waals surface area contributed by atoms with E-state index in [0.29, 0.717) is 19.3 Å². The second-order valence-electron chi connectivity index (χ2n) is 5.98. The molecule has 1 rings (SSSR count). The smallest absolute Gasteiger partial charge is 0.303 e. The lowest BCUT2D eigenvalue weighted by molar-refractivity contribution is -0.137. The van der Waals surface area contributed by atoms with E-state index >= 15 is 0 Å². The van der Waals surface area contributed by atoms with Crippen molar-refractivity contribution in [3.8, 4) is 0 Å². The number of carboxylic acids is 1. The van der Waals surface area contributed by atoms with Crippen molar-refractivity contribution in [2.45, 2.75) is 70.8 Å². The zero-order chi connectivity index (χ0) is 15.8. The minimum atomic E-state index is -0.932. The van der Waals surface area contributed by atoms with Crippen LogP contribution < -0.4 is 0 Å². The monoisotopic (exact) mass is 298 g/mol. The van der Waals surface area contributed by atoms with Gasteiger partial charge in [-0.3, -0.25) is 14.4 Å². The Morgan fingerprint density at radius 2 is 1.86 bits per heavy atom. The molecule has 0 aliphatic heterocycles. The molecule has 0 spiro atoms. The predicted molar refractivity (Wildman–Crippen MR) is 77.9 cm³/mol. The van der Waals surface area contributed by atoms with Crippen LogP contribution in [0.1, 0.15) is 64.7 Å². The molecule has 0 aromatic heterocycles. The Morgan fingerprint density at radius 3 is 2.48 bits per heavy atom. The van der Waals surface area contributed by atoms with Gasteiger partial charge in [-0.25, -0.2) is 0 Å². The second-order valence-corrected chi connectivity index (χ2v) is 5.98. The first-order chi connectivity index (χ1) is 9.95. The lowest BCUT2D eigenvalue weighted by atomic mass is 9.86. The molecule has 5 nitrogen and oxygen atoms in total. The van der Waals surface area contributed by atoms with Gasteiger partial charge in [0, 0.05) is 31.6 Å². The van der Waals surface area contributed by atoms with Crippen LogP contribution in [0.25, 0.3) is 0 Å². The van der Waals surface area contributed by atoms with Crippen LogP contribution in [0.4, 0.5) is 0 Å². The molecule has 21 heavy (non-hydrogen) atoms. The highest BCUT2D eigenvalue weighted by Crippen LogP contribution is 2.35. The number of hydrogen-bond donors (Lipinski definition) is 2. The minimum Gasteiger partial charge on any atom is -0.481 e. The standard InChI is InChI=1S/C16H26O5/c1-2-3-4-5-11(17)6-7-12-13(8-9-16(20)21)15(19)10-14(12)18/h12-14,18H,2-10H2,1H3,(H,20,21)/t12-,13-,14-/m1/s1. The van der Waals surface area contributed by atoms with E-state index in [2.05, 4.69) is 6.92 Å². The van der Waals surface area contributed by atoms with Gasteiger partial charge in [-0.15, -0.1) is 0 Å². The largest absolute Gasteiger partial charge is 0.481 e. The van der Waals surface area contributed by atoms with Crippen LogP contribution in [-0.4, -0.2) is 33.9 Å². The average Bonchev–Trinajstić information content (AvgIpc) is 2.68. The molecular weight excluding hydrogens is 272 g/mol. The van der Waals surface area contributed by atoms with Gasteiger partial charge in [0.15, 0.2) is 0 Å². The van der Waals surface area contributed by atoms with Crippen LogP contribution in [0.2, 0.25) is 0 Å². The van der Waals surface area contributed by atoms with Gasteiger partial charge in [0.1, 0.15) is 11.6 Å². The van der Waals surface area contributed by atoms with Gasteiger partial charge in [0.2, 0.25) is 0 Å². The lowest BCUT2D eigenvalue weighted by Crippen LogP contribution is -2.22. The molecule has 3 atom stereocenters. The molecule has 1 aliphatic carbocycles. The molecule has 0 amide bonds. The Balaban J connectivity index is 2.43. The third kappa shape index (κ3) is 5.96. The Kier molecular flexibility index (Phi) is 7.57. The quantitative estimate of drug-likeness (QED) is 0.604. The number of aliphatic hydroxyl groups is 1. The third-order valence-electron chi connectivity index (χ3n) is 4.32. The van der Waals surface area contributed by atoms with Gasteiger partial charge >= 0.3 is 5.97 Å². The summed E-state index contributed by atoms with van der Waals surface area (Å²) >= 11 is 0. The summed E-state index contributed by atoms with van der Waals surface area (Å²) < 4.78 is 0. The maximum atomic E-state index is 11.8. The summed E-state index contributed by atoms with van der Waals surface area (Å²) in [7, 11) is 0. The molecule has 0 aromatic carbocycles. The van der Waals surface area contributed by atoms with Crippen LogP contribution >= 0.6 is 0 Å². The van der Waals surface area contributed by atoms with Crippen molar-refractivity contribution >= 4 is 17.5 Å². The molecule has 0 bridgehead atoms. The van der Waals surface area contributed by atoms with E-state index in [1.807, 2.05) is 0 Å². The van der Waals surface area contributed by atoms with Gasteiger partial charge in [-0.2, -0.15) is 0 Å². The number of ketones is 2. The van der Waals surface area contributed by atoms with Crippen LogP contribution in [0.3, 0.4) is 0 Å². The van der Waals surface area contributed by atoms with Gasteiger partial charge in [-0.05, 0) is 25.2 Å². The molecule has 1 saturated carbocycles. The van der Waals surface area contributed by atoms with Crippen molar-refractivity contribution in [2.24, 2.45) is 11.8 Å². The number of aliphatic hydroxyl groups excluding tert-OH is 1. The summed E-state index contributed by atoms with van der Waals surface area (Å²) in [6.45, 7) is 2.08. The van der Waals surface area contributed by atoms with E-state index in [1.165, 1.54) is 0 Å². The molecular formula is C16H26O5. The molecule has 0 radical (unpaired) electrons. The summed E-state index contributed by atoms with van der Waals surface area (Å²) in [6.07, 6.45) is 4.00. The number of hydrogen-bond acceptors (Lipinski definition) is 4. The molecule has 0 aromatic rings. The number of Topliss-reactive ketones (excluding diaryl/α,β-unsaturated/α-hetero) is 2. The second kappa shape index (κ2) is 8.93. The van der Waals surface area contributed by atoms with Crippen LogP contribution in [0.15, 0.2) is 0 Å². The first-order valence-corrected chi connectivity index (χ1v) is 7.90. The molecule has 0 unspecified atom stereocenters. The Bertz CT molecular complexity index is 377.